The molecular weight excluding hydrogens is 410 g/mol. The molecular formula is C17H17Br2NO2. The van der Waals surface area contributed by atoms with Gasteiger partial charge in [-0.2, -0.15) is 0 Å². The van der Waals surface area contributed by atoms with Gasteiger partial charge in [-0.1, -0.05) is 35.0 Å². The normalized spacial score (nSPS) is 11.8. The topological polar surface area (TPSA) is 38.3 Å². The minimum Gasteiger partial charge on any atom is -0.480 e. The number of ether oxygens (including phenoxy) is 1. The van der Waals surface area contributed by atoms with E-state index in [4.69, 9.17) is 4.74 Å². The van der Waals surface area contributed by atoms with E-state index in [9.17, 15) is 4.79 Å². The van der Waals surface area contributed by atoms with Crippen molar-refractivity contribution < 1.29 is 9.53 Å². The van der Waals surface area contributed by atoms with Crippen molar-refractivity contribution >= 4 is 43.5 Å². The summed E-state index contributed by atoms with van der Waals surface area (Å²) < 4.78 is 7.44. The molecule has 0 aliphatic carbocycles. The molecule has 2 rings (SSSR count). The van der Waals surface area contributed by atoms with Crippen molar-refractivity contribution in [3.8, 4) is 5.75 Å². The lowest BCUT2D eigenvalue weighted by Crippen LogP contribution is -2.30. The van der Waals surface area contributed by atoms with Gasteiger partial charge in [-0.05, 0) is 65.2 Å². The van der Waals surface area contributed by atoms with Gasteiger partial charge in [-0.15, -0.1) is 0 Å². The van der Waals surface area contributed by atoms with Crippen LogP contribution in [0, 0.1) is 0 Å². The van der Waals surface area contributed by atoms with Gasteiger partial charge >= 0.3 is 0 Å². The van der Waals surface area contributed by atoms with Crippen LogP contribution in [0.5, 0.6) is 5.75 Å². The summed E-state index contributed by atoms with van der Waals surface area (Å²) >= 11 is 6.80. The smallest absolute Gasteiger partial charge is 0.265 e. The standard InChI is InChI=1S/C17H17Br2NO2/c1-3-12-4-7-14(8-5-12)20-17(21)11(2)22-16-9-6-13(18)10-15(16)19/h4-11H,3H2,1-2H3,(H,20,21)/t11-/m1/s1. The lowest BCUT2D eigenvalue weighted by atomic mass is 10.1. The van der Waals surface area contributed by atoms with Crippen LogP contribution in [0.2, 0.25) is 0 Å². The Kier molecular flexibility index (Phi) is 6.03. The highest BCUT2D eigenvalue weighted by molar-refractivity contribution is 9.11. The van der Waals surface area contributed by atoms with Crippen molar-refractivity contribution in [2.45, 2.75) is 26.4 Å². The number of aryl methyl sites for hydroxylation is 1. The summed E-state index contributed by atoms with van der Waals surface area (Å²) in [7, 11) is 0. The van der Waals surface area contributed by atoms with Crippen LogP contribution in [0.4, 0.5) is 5.69 Å². The van der Waals surface area contributed by atoms with Crippen molar-refractivity contribution in [2.24, 2.45) is 0 Å². The molecule has 0 unspecified atom stereocenters. The van der Waals surface area contributed by atoms with E-state index >= 15 is 0 Å². The number of anilines is 1. The van der Waals surface area contributed by atoms with E-state index in [1.807, 2.05) is 42.5 Å². The molecule has 0 aromatic heterocycles. The minimum absolute atomic E-state index is 0.181. The average Bonchev–Trinajstić information content (AvgIpc) is 2.50. The van der Waals surface area contributed by atoms with Gasteiger partial charge in [0.1, 0.15) is 5.75 Å². The fourth-order valence-corrected chi connectivity index (χ4v) is 3.02. The second-order valence-electron chi connectivity index (χ2n) is 4.87. The Morgan fingerprint density at radius 2 is 1.86 bits per heavy atom. The third-order valence-corrected chi connectivity index (χ3v) is 4.31. The molecule has 5 heteroatoms. The molecule has 0 saturated heterocycles. The molecule has 22 heavy (non-hydrogen) atoms. The van der Waals surface area contributed by atoms with Crippen LogP contribution >= 0.6 is 31.9 Å². The lowest BCUT2D eigenvalue weighted by Gasteiger charge is -2.16. The summed E-state index contributed by atoms with van der Waals surface area (Å²) in [5.41, 5.74) is 2.01. The fourth-order valence-electron chi connectivity index (χ4n) is 1.88. The number of rotatable bonds is 5. The van der Waals surface area contributed by atoms with Crippen molar-refractivity contribution in [1.82, 2.24) is 0 Å². The first-order chi connectivity index (χ1) is 10.5. The van der Waals surface area contributed by atoms with Gasteiger partial charge in [0.05, 0.1) is 4.47 Å². The minimum atomic E-state index is -0.594. The molecule has 0 radical (unpaired) electrons. The lowest BCUT2D eigenvalue weighted by molar-refractivity contribution is -0.122. The summed E-state index contributed by atoms with van der Waals surface area (Å²) in [5, 5.41) is 2.86. The third kappa shape index (κ3) is 4.58. The van der Waals surface area contributed by atoms with Crippen LogP contribution in [0.1, 0.15) is 19.4 Å². The van der Waals surface area contributed by atoms with Crippen LogP contribution in [0.25, 0.3) is 0 Å². The molecule has 0 spiro atoms. The summed E-state index contributed by atoms with van der Waals surface area (Å²) in [5.74, 6) is 0.450. The third-order valence-electron chi connectivity index (χ3n) is 3.20. The SMILES string of the molecule is CCc1ccc(NC(=O)[C@@H](C)Oc2ccc(Br)cc2Br)cc1. The van der Waals surface area contributed by atoms with Gasteiger partial charge in [0.15, 0.2) is 6.10 Å². The van der Waals surface area contributed by atoms with Gasteiger partial charge in [0.25, 0.3) is 5.91 Å². The number of benzene rings is 2. The Morgan fingerprint density at radius 3 is 2.45 bits per heavy atom. The maximum Gasteiger partial charge on any atom is 0.265 e. The Bertz CT molecular complexity index is 656. The summed E-state index contributed by atoms with van der Waals surface area (Å²) in [6.45, 7) is 3.82. The zero-order chi connectivity index (χ0) is 16.1. The number of amides is 1. The molecule has 0 fully saturated rings. The van der Waals surface area contributed by atoms with Crippen LogP contribution < -0.4 is 10.1 Å². The molecule has 116 valence electrons. The molecule has 0 heterocycles. The number of carbonyl (C=O) groups excluding carboxylic acids is 1. The maximum atomic E-state index is 12.2. The van der Waals surface area contributed by atoms with Gasteiger partial charge in [-0.25, -0.2) is 0 Å². The number of carbonyl (C=O) groups is 1. The highest BCUT2D eigenvalue weighted by Gasteiger charge is 2.16. The Balaban J connectivity index is 1.99. The number of halogens is 2. The monoisotopic (exact) mass is 425 g/mol. The molecule has 1 atom stereocenters. The molecule has 3 nitrogen and oxygen atoms in total. The first-order valence-electron chi connectivity index (χ1n) is 7.01. The van der Waals surface area contributed by atoms with E-state index in [2.05, 4.69) is 44.1 Å². The molecule has 0 aliphatic heterocycles. The molecule has 1 N–H and O–H groups in total. The second-order valence-corrected chi connectivity index (χ2v) is 6.64. The van der Waals surface area contributed by atoms with Crippen LogP contribution in [0.3, 0.4) is 0 Å². The molecule has 1 amide bonds. The van der Waals surface area contributed by atoms with E-state index in [1.54, 1.807) is 6.92 Å². The Morgan fingerprint density at radius 1 is 1.18 bits per heavy atom. The van der Waals surface area contributed by atoms with Crippen molar-refractivity contribution in [2.75, 3.05) is 5.32 Å². The van der Waals surface area contributed by atoms with Gasteiger partial charge in [-0.3, -0.25) is 4.79 Å². The highest BCUT2D eigenvalue weighted by Crippen LogP contribution is 2.29. The zero-order valence-electron chi connectivity index (χ0n) is 12.4. The van der Waals surface area contributed by atoms with E-state index in [0.717, 1.165) is 21.1 Å². The molecule has 2 aromatic carbocycles. The number of hydrogen-bond acceptors (Lipinski definition) is 2. The van der Waals surface area contributed by atoms with E-state index in [1.165, 1.54) is 5.56 Å². The predicted octanol–water partition coefficient (Wildman–Crippen LogP) is 5.18. The fraction of sp³-hybridized carbons (Fsp3) is 0.235. The van der Waals surface area contributed by atoms with Crippen LogP contribution in [0.15, 0.2) is 51.4 Å². The molecule has 0 aliphatic rings. The van der Waals surface area contributed by atoms with Crippen molar-refractivity contribution in [3.63, 3.8) is 0 Å². The second kappa shape index (κ2) is 7.79. The first kappa shape index (κ1) is 17.0. The largest absolute Gasteiger partial charge is 0.480 e. The van der Waals surface area contributed by atoms with Crippen LogP contribution in [-0.2, 0) is 11.2 Å². The van der Waals surface area contributed by atoms with E-state index < -0.39 is 6.10 Å². The van der Waals surface area contributed by atoms with Gasteiger partial charge in [0, 0.05) is 10.2 Å². The van der Waals surface area contributed by atoms with Crippen molar-refractivity contribution in [1.29, 1.82) is 0 Å². The van der Waals surface area contributed by atoms with Gasteiger partial charge < -0.3 is 10.1 Å². The average molecular weight is 427 g/mol. The summed E-state index contributed by atoms with van der Waals surface area (Å²) in [6.07, 6.45) is 0.383. The summed E-state index contributed by atoms with van der Waals surface area (Å²) in [6, 6.07) is 13.4. The maximum absolute atomic E-state index is 12.2. The number of nitrogens with one attached hydrogen (secondary N) is 1. The quantitative estimate of drug-likeness (QED) is 0.715. The Hall–Kier alpha value is -1.33. The van der Waals surface area contributed by atoms with E-state index in [-0.39, 0.29) is 5.91 Å². The number of hydrogen-bond donors (Lipinski definition) is 1. The zero-order valence-corrected chi connectivity index (χ0v) is 15.6. The van der Waals surface area contributed by atoms with Gasteiger partial charge in [0.2, 0.25) is 0 Å². The molecule has 0 bridgehead atoms. The summed E-state index contributed by atoms with van der Waals surface area (Å²) in [4.78, 5) is 12.2. The van der Waals surface area contributed by atoms with Crippen LogP contribution in [-0.4, -0.2) is 12.0 Å². The van der Waals surface area contributed by atoms with E-state index in [0.29, 0.717) is 5.75 Å². The molecule has 2 aromatic rings. The highest BCUT2D eigenvalue weighted by atomic mass is 79.9. The van der Waals surface area contributed by atoms with Crippen molar-refractivity contribution in [3.05, 3.63) is 57.0 Å². The first-order valence-corrected chi connectivity index (χ1v) is 8.59. The molecule has 0 saturated carbocycles. The Labute approximate surface area is 147 Å². The predicted molar refractivity (Wildman–Crippen MR) is 96.4 cm³/mol.